The zero-order valence-corrected chi connectivity index (χ0v) is 28.3. The molecule has 1 spiro atoms. The summed E-state index contributed by atoms with van der Waals surface area (Å²) in [5, 5.41) is 10.1. The van der Waals surface area contributed by atoms with Gasteiger partial charge in [-0.15, -0.1) is 0 Å². The van der Waals surface area contributed by atoms with Gasteiger partial charge in [0.05, 0.1) is 36.9 Å². The van der Waals surface area contributed by atoms with E-state index in [9.17, 15) is 19.2 Å². The number of carbonyl (C=O) groups is 4. The lowest BCUT2D eigenvalue weighted by atomic mass is 9.70. The number of ether oxygens (including phenoxy) is 1. The molecule has 0 radical (unpaired) electrons. The summed E-state index contributed by atoms with van der Waals surface area (Å²) in [5.41, 5.74) is 1.64. The molecule has 2 N–H and O–H groups in total. The van der Waals surface area contributed by atoms with Crippen molar-refractivity contribution < 1.29 is 23.9 Å². The molecular weight excluding hydrogens is 620 g/mol. The lowest BCUT2D eigenvalue weighted by molar-refractivity contribution is -0.155. The minimum absolute atomic E-state index is 0.184. The van der Waals surface area contributed by atoms with Gasteiger partial charge < -0.3 is 25.2 Å². The van der Waals surface area contributed by atoms with E-state index in [1.807, 2.05) is 65.6 Å². The average Bonchev–Trinajstić information content (AvgIpc) is 4.00. The summed E-state index contributed by atoms with van der Waals surface area (Å²) in [6, 6.07) is 18.6. The Bertz CT molecular complexity index is 1680. The summed E-state index contributed by atoms with van der Waals surface area (Å²) >= 11 is 0. The molecule has 2 saturated carbocycles. The molecule has 2 aliphatic heterocycles. The molecule has 3 aromatic rings. The van der Waals surface area contributed by atoms with Crippen LogP contribution in [-0.2, 0) is 32.3 Å². The SMILES string of the molecule is CNC(=O)[C@@H](NC(=O)[C@H]1CN(C(=O)c2cnn(Cc3ccccc3)c2)CC12CN(C(=O)C1(CC3CC3)CC1)C2)[C@@H](C)OCc1ccccc1. The van der Waals surface area contributed by atoms with Crippen LogP contribution >= 0.6 is 0 Å². The monoisotopic (exact) mass is 666 g/mol. The van der Waals surface area contributed by atoms with Crippen LogP contribution in [0.1, 0.15) is 60.5 Å². The smallest absolute Gasteiger partial charge is 0.257 e. The van der Waals surface area contributed by atoms with Gasteiger partial charge in [0, 0.05) is 50.3 Å². The maximum absolute atomic E-state index is 14.2. The second-order valence-electron chi connectivity index (χ2n) is 14.7. The summed E-state index contributed by atoms with van der Waals surface area (Å²) in [4.78, 5) is 58.5. The molecule has 4 fully saturated rings. The first-order valence-electron chi connectivity index (χ1n) is 17.5. The van der Waals surface area contributed by atoms with Gasteiger partial charge in [0.2, 0.25) is 17.7 Å². The molecular formula is C38H46N6O5. The predicted octanol–water partition coefficient (Wildman–Crippen LogP) is 3.25. The predicted molar refractivity (Wildman–Crippen MR) is 182 cm³/mol. The van der Waals surface area contributed by atoms with E-state index in [0.717, 1.165) is 30.4 Å². The molecule has 49 heavy (non-hydrogen) atoms. The first kappa shape index (κ1) is 33.0. The highest BCUT2D eigenvalue weighted by Gasteiger charge is 2.63. The third kappa shape index (κ3) is 6.99. The number of hydrogen-bond donors (Lipinski definition) is 2. The van der Waals surface area contributed by atoms with Crippen LogP contribution in [-0.4, -0.2) is 88.6 Å². The first-order valence-corrected chi connectivity index (χ1v) is 17.5. The Morgan fingerprint density at radius 3 is 2.22 bits per heavy atom. The lowest BCUT2D eigenvalue weighted by Gasteiger charge is -2.51. The molecule has 7 rings (SSSR count). The van der Waals surface area contributed by atoms with Crippen molar-refractivity contribution in [2.45, 2.75) is 64.3 Å². The molecule has 0 bridgehead atoms. The standard InChI is InChI=1S/C38H46N6O5/c1-26(49-22-29-11-7-4-8-12-29)32(34(46)39-2)41-33(45)31-21-42(35(47)30-18-40-44(20-30)19-28-9-5-3-6-10-28)23-38(31)24-43(25-38)36(48)37(15-16-37)17-27-13-14-27/h3-12,18,20,26-27,31-32H,13-17,19,21-25H2,1-2H3,(H,39,46)(H,41,45)/t26-,31-,32+/m1/s1. The summed E-state index contributed by atoms with van der Waals surface area (Å²) in [6.07, 6.45) is 7.94. The number of carbonyl (C=O) groups excluding carboxylic acids is 4. The Hall–Kier alpha value is -4.51. The van der Waals surface area contributed by atoms with Gasteiger partial charge in [-0.3, -0.25) is 23.9 Å². The number of hydrogen-bond acceptors (Lipinski definition) is 6. The summed E-state index contributed by atoms with van der Waals surface area (Å²) in [7, 11) is 1.53. The third-order valence-corrected chi connectivity index (χ3v) is 11.0. The highest BCUT2D eigenvalue weighted by molar-refractivity contribution is 5.96. The van der Waals surface area contributed by atoms with Crippen LogP contribution in [0.15, 0.2) is 73.1 Å². The molecule has 2 aliphatic carbocycles. The Morgan fingerprint density at radius 2 is 1.59 bits per heavy atom. The maximum Gasteiger partial charge on any atom is 0.257 e. The average molecular weight is 667 g/mol. The van der Waals surface area contributed by atoms with Gasteiger partial charge in [-0.05, 0) is 43.2 Å². The highest BCUT2D eigenvalue weighted by Crippen LogP contribution is 2.58. The second-order valence-corrected chi connectivity index (χ2v) is 14.7. The van der Waals surface area contributed by atoms with Crippen molar-refractivity contribution in [1.29, 1.82) is 0 Å². The van der Waals surface area contributed by atoms with Crippen molar-refractivity contribution in [2.24, 2.45) is 22.7 Å². The molecule has 11 heteroatoms. The third-order valence-electron chi connectivity index (χ3n) is 11.0. The molecule has 2 saturated heterocycles. The van der Waals surface area contributed by atoms with Gasteiger partial charge >= 0.3 is 0 Å². The number of amides is 4. The van der Waals surface area contributed by atoms with Gasteiger partial charge in [0.15, 0.2) is 0 Å². The first-order chi connectivity index (χ1) is 23.7. The number of benzene rings is 2. The summed E-state index contributed by atoms with van der Waals surface area (Å²) in [6.45, 7) is 3.96. The van der Waals surface area contributed by atoms with Crippen LogP contribution in [0, 0.1) is 22.7 Å². The topological polar surface area (TPSA) is 126 Å². The lowest BCUT2D eigenvalue weighted by Crippen LogP contribution is -2.66. The second kappa shape index (κ2) is 13.4. The van der Waals surface area contributed by atoms with E-state index in [1.165, 1.54) is 19.9 Å². The Labute approximate surface area is 287 Å². The van der Waals surface area contributed by atoms with Crippen molar-refractivity contribution in [3.8, 4) is 0 Å². The van der Waals surface area contributed by atoms with Crippen molar-refractivity contribution in [1.82, 2.24) is 30.2 Å². The molecule has 4 amide bonds. The van der Waals surface area contributed by atoms with Crippen molar-refractivity contribution in [3.05, 3.63) is 89.7 Å². The van der Waals surface area contributed by atoms with Gasteiger partial charge in [0.1, 0.15) is 6.04 Å². The van der Waals surface area contributed by atoms with Crippen molar-refractivity contribution in [3.63, 3.8) is 0 Å². The van der Waals surface area contributed by atoms with Gasteiger partial charge in [-0.1, -0.05) is 73.5 Å². The van der Waals surface area contributed by atoms with Crippen LogP contribution in [0.3, 0.4) is 0 Å². The molecule has 4 aliphatic rings. The van der Waals surface area contributed by atoms with E-state index in [1.54, 1.807) is 28.9 Å². The maximum atomic E-state index is 14.2. The number of likely N-dealkylation sites (tertiary alicyclic amines) is 2. The minimum atomic E-state index is -0.940. The van der Waals surface area contributed by atoms with Crippen LogP contribution in [0.4, 0.5) is 0 Å². The highest BCUT2D eigenvalue weighted by atomic mass is 16.5. The fraction of sp³-hybridized carbons (Fsp3) is 0.500. The Morgan fingerprint density at radius 1 is 0.939 bits per heavy atom. The molecule has 11 nitrogen and oxygen atoms in total. The molecule has 1 aromatic heterocycles. The van der Waals surface area contributed by atoms with Gasteiger partial charge in [0.25, 0.3) is 5.91 Å². The van der Waals surface area contributed by atoms with Gasteiger partial charge in [-0.25, -0.2) is 0 Å². The van der Waals surface area contributed by atoms with Crippen LogP contribution in [0.25, 0.3) is 0 Å². The fourth-order valence-electron chi connectivity index (χ4n) is 7.75. The van der Waals surface area contributed by atoms with E-state index in [2.05, 4.69) is 15.7 Å². The minimum Gasteiger partial charge on any atom is -0.371 e. The van der Waals surface area contributed by atoms with Crippen LogP contribution in [0.2, 0.25) is 0 Å². The van der Waals surface area contributed by atoms with E-state index >= 15 is 0 Å². The van der Waals surface area contributed by atoms with E-state index in [4.69, 9.17) is 4.74 Å². The quantitative estimate of drug-likeness (QED) is 0.289. The zero-order valence-electron chi connectivity index (χ0n) is 28.3. The van der Waals surface area contributed by atoms with E-state index in [-0.39, 0.29) is 35.6 Å². The largest absolute Gasteiger partial charge is 0.371 e. The number of nitrogens with one attached hydrogen (secondary N) is 2. The van der Waals surface area contributed by atoms with E-state index in [0.29, 0.717) is 44.3 Å². The number of nitrogens with zero attached hydrogens (tertiary/aromatic N) is 4. The molecule has 3 atom stereocenters. The molecule has 2 aromatic carbocycles. The van der Waals surface area contributed by atoms with Crippen molar-refractivity contribution >= 4 is 23.6 Å². The van der Waals surface area contributed by atoms with Crippen LogP contribution in [0.5, 0.6) is 0 Å². The molecule has 3 heterocycles. The number of rotatable bonds is 13. The summed E-state index contributed by atoms with van der Waals surface area (Å²) in [5.74, 6) is -0.621. The van der Waals surface area contributed by atoms with Crippen LogP contribution < -0.4 is 10.6 Å². The number of likely N-dealkylation sites (N-methyl/N-ethyl adjacent to an activating group) is 1. The normalized spacial score (nSPS) is 21.5. The fourth-order valence-corrected chi connectivity index (χ4v) is 7.75. The Balaban J connectivity index is 1.07. The number of aromatic nitrogens is 2. The summed E-state index contributed by atoms with van der Waals surface area (Å²) < 4.78 is 7.80. The van der Waals surface area contributed by atoms with Gasteiger partial charge in [-0.2, -0.15) is 5.10 Å². The Kier molecular flexibility index (Phi) is 9.04. The van der Waals surface area contributed by atoms with E-state index < -0.39 is 23.5 Å². The van der Waals surface area contributed by atoms with Crippen molar-refractivity contribution in [2.75, 3.05) is 33.2 Å². The zero-order chi connectivity index (χ0) is 34.2. The molecule has 258 valence electrons. The molecule has 0 unspecified atom stereocenters.